The van der Waals surface area contributed by atoms with E-state index in [0.29, 0.717) is 10.9 Å². The van der Waals surface area contributed by atoms with Crippen LogP contribution in [0.3, 0.4) is 0 Å². The third kappa shape index (κ3) is 2.87. The van der Waals surface area contributed by atoms with Crippen LogP contribution in [0.2, 0.25) is 5.02 Å². The van der Waals surface area contributed by atoms with E-state index in [0.717, 1.165) is 37.2 Å². The summed E-state index contributed by atoms with van der Waals surface area (Å²) in [6, 6.07) is 7.72. The Morgan fingerprint density at radius 3 is 3.15 bits per heavy atom. The molecule has 1 aromatic carbocycles. The molecule has 1 aliphatic heterocycles. The minimum absolute atomic E-state index is 0.207. The number of nitrogens with zero attached hydrogens (tertiary/aromatic N) is 2. The predicted octanol–water partition coefficient (Wildman–Crippen LogP) is 2.95. The number of aliphatic hydroxyl groups excluding tert-OH is 1. The minimum Gasteiger partial charge on any atom is -0.444 e. The monoisotopic (exact) mass is 292 g/mol. The van der Waals surface area contributed by atoms with E-state index in [1.807, 2.05) is 24.3 Å². The third-order valence-corrected chi connectivity index (χ3v) is 3.93. The third-order valence-electron chi connectivity index (χ3n) is 3.70. The first kappa shape index (κ1) is 13.6. The molecule has 0 unspecified atom stereocenters. The van der Waals surface area contributed by atoms with Crippen LogP contribution in [-0.4, -0.2) is 34.2 Å². The molecule has 1 aliphatic rings. The van der Waals surface area contributed by atoms with E-state index >= 15 is 0 Å². The lowest BCUT2D eigenvalue weighted by atomic mass is 10.2. The maximum atomic E-state index is 9.33. The van der Waals surface area contributed by atoms with E-state index in [-0.39, 0.29) is 12.6 Å². The summed E-state index contributed by atoms with van der Waals surface area (Å²) >= 11 is 5.97. The fourth-order valence-corrected chi connectivity index (χ4v) is 2.84. The van der Waals surface area contributed by atoms with E-state index in [9.17, 15) is 5.11 Å². The molecule has 1 aromatic heterocycles. The predicted molar refractivity (Wildman–Crippen MR) is 77.5 cm³/mol. The van der Waals surface area contributed by atoms with Gasteiger partial charge in [0.15, 0.2) is 0 Å². The highest BCUT2D eigenvalue weighted by atomic mass is 35.5. The number of aliphatic hydroxyl groups is 1. The maximum Gasteiger partial charge on any atom is 0.226 e. The van der Waals surface area contributed by atoms with Gasteiger partial charge in [-0.15, -0.1) is 0 Å². The lowest BCUT2D eigenvalue weighted by Gasteiger charge is -2.20. The molecule has 0 saturated carbocycles. The Morgan fingerprint density at radius 1 is 1.45 bits per heavy atom. The van der Waals surface area contributed by atoms with Crippen LogP contribution in [-0.2, 0) is 6.54 Å². The van der Waals surface area contributed by atoms with Gasteiger partial charge in [-0.2, -0.15) is 0 Å². The van der Waals surface area contributed by atoms with Crippen molar-refractivity contribution in [3.05, 3.63) is 41.2 Å². The van der Waals surface area contributed by atoms with E-state index in [1.54, 1.807) is 6.26 Å². The normalized spacial score (nSPS) is 19.6. The van der Waals surface area contributed by atoms with Crippen LogP contribution in [0.25, 0.3) is 11.5 Å². The quantitative estimate of drug-likeness (QED) is 0.941. The van der Waals surface area contributed by atoms with Gasteiger partial charge >= 0.3 is 0 Å². The standard InChI is InChI=1S/C15H17ClN2O2/c16-12-4-1-3-11(7-12)15-17-13(10-20-15)8-18-6-2-5-14(18)9-19/h1,3-4,7,10,14,19H,2,5-6,8-9H2/t14-/m0/s1. The van der Waals surface area contributed by atoms with Crippen LogP contribution in [0, 0.1) is 0 Å². The summed E-state index contributed by atoms with van der Waals surface area (Å²) in [6.45, 7) is 1.93. The molecule has 1 fully saturated rings. The number of halogens is 1. The number of likely N-dealkylation sites (tertiary alicyclic amines) is 1. The SMILES string of the molecule is OC[C@@H]1CCCN1Cc1coc(-c2cccc(Cl)c2)n1. The average molecular weight is 293 g/mol. The summed E-state index contributed by atoms with van der Waals surface area (Å²) < 4.78 is 5.53. The molecule has 4 nitrogen and oxygen atoms in total. The fraction of sp³-hybridized carbons (Fsp3) is 0.400. The van der Waals surface area contributed by atoms with Gasteiger partial charge in [-0.3, -0.25) is 4.90 Å². The number of benzene rings is 1. The van der Waals surface area contributed by atoms with Crippen LogP contribution >= 0.6 is 11.6 Å². The summed E-state index contributed by atoms with van der Waals surface area (Å²) in [5.74, 6) is 0.585. The van der Waals surface area contributed by atoms with Crippen molar-refractivity contribution in [3.63, 3.8) is 0 Å². The van der Waals surface area contributed by atoms with Gasteiger partial charge in [0.25, 0.3) is 0 Å². The molecule has 0 spiro atoms. The number of hydrogen-bond acceptors (Lipinski definition) is 4. The largest absolute Gasteiger partial charge is 0.444 e. The second kappa shape index (κ2) is 5.95. The van der Waals surface area contributed by atoms with E-state index in [2.05, 4.69) is 9.88 Å². The van der Waals surface area contributed by atoms with Gasteiger partial charge in [-0.25, -0.2) is 4.98 Å². The zero-order valence-electron chi connectivity index (χ0n) is 11.1. The van der Waals surface area contributed by atoms with Crippen molar-refractivity contribution in [1.29, 1.82) is 0 Å². The Kier molecular flexibility index (Phi) is 4.05. The van der Waals surface area contributed by atoms with Crippen LogP contribution < -0.4 is 0 Å². The molecule has 3 rings (SSSR count). The van der Waals surface area contributed by atoms with Gasteiger partial charge in [0, 0.05) is 23.2 Å². The van der Waals surface area contributed by atoms with Crippen molar-refractivity contribution in [2.45, 2.75) is 25.4 Å². The fourth-order valence-electron chi connectivity index (χ4n) is 2.65. The Hall–Kier alpha value is -1.36. The van der Waals surface area contributed by atoms with Gasteiger partial charge in [0.2, 0.25) is 5.89 Å². The lowest BCUT2D eigenvalue weighted by Crippen LogP contribution is -2.31. The van der Waals surface area contributed by atoms with Crippen molar-refractivity contribution < 1.29 is 9.52 Å². The van der Waals surface area contributed by atoms with Crippen molar-refractivity contribution in [1.82, 2.24) is 9.88 Å². The Morgan fingerprint density at radius 2 is 2.35 bits per heavy atom. The van der Waals surface area contributed by atoms with Gasteiger partial charge in [0.05, 0.1) is 12.3 Å². The van der Waals surface area contributed by atoms with Gasteiger partial charge < -0.3 is 9.52 Å². The van der Waals surface area contributed by atoms with E-state index in [4.69, 9.17) is 16.0 Å². The van der Waals surface area contributed by atoms with Crippen molar-refractivity contribution in [2.24, 2.45) is 0 Å². The highest BCUT2D eigenvalue weighted by Gasteiger charge is 2.24. The van der Waals surface area contributed by atoms with Crippen LogP contribution in [0.4, 0.5) is 0 Å². The molecule has 5 heteroatoms. The van der Waals surface area contributed by atoms with Gasteiger partial charge in [-0.05, 0) is 37.6 Å². The molecular weight excluding hydrogens is 276 g/mol. The molecule has 0 amide bonds. The van der Waals surface area contributed by atoms with Crippen LogP contribution in [0.1, 0.15) is 18.5 Å². The molecule has 0 bridgehead atoms. The molecule has 1 saturated heterocycles. The van der Waals surface area contributed by atoms with Crippen molar-refractivity contribution in [2.75, 3.05) is 13.2 Å². The highest BCUT2D eigenvalue weighted by molar-refractivity contribution is 6.30. The number of hydrogen-bond donors (Lipinski definition) is 1. The number of rotatable bonds is 4. The Labute approximate surface area is 123 Å². The topological polar surface area (TPSA) is 49.5 Å². The molecule has 2 aromatic rings. The van der Waals surface area contributed by atoms with E-state index < -0.39 is 0 Å². The highest BCUT2D eigenvalue weighted by Crippen LogP contribution is 2.24. The lowest BCUT2D eigenvalue weighted by molar-refractivity contribution is 0.152. The maximum absolute atomic E-state index is 9.33. The molecule has 1 N–H and O–H groups in total. The smallest absolute Gasteiger partial charge is 0.226 e. The Bertz CT molecular complexity index is 585. The van der Waals surface area contributed by atoms with E-state index in [1.165, 1.54) is 0 Å². The minimum atomic E-state index is 0.207. The first-order chi connectivity index (χ1) is 9.76. The summed E-state index contributed by atoms with van der Waals surface area (Å²) in [5.41, 5.74) is 1.77. The summed E-state index contributed by atoms with van der Waals surface area (Å²) in [5, 5.41) is 10.00. The second-order valence-electron chi connectivity index (χ2n) is 5.10. The average Bonchev–Trinajstić information content (AvgIpc) is 3.08. The molecular formula is C15H17ClN2O2. The van der Waals surface area contributed by atoms with Gasteiger partial charge in [0.1, 0.15) is 6.26 Å². The first-order valence-corrected chi connectivity index (χ1v) is 7.19. The Balaban J connectivity index is 1.74. The van der Waals surface area contributed by atoms with Gasteiger partial charge in [-0.1, -0.05) is 17.7 Å². The molecule has 1 atom stereocenters. The molecule has 20 heavy (non-hydrogen) atoms. The number of oxazole rings is 1. The van der Waals surface area contributed by atoms with Crippen molar-refractivity contribution >= 4 is 11.6 Å². The zero-order valence-corrected chi connectivity index (χ0v) is 11.9. The molecule has 0 radical (unpaired) electrons. The summed E-state index contributed by atoms with van der Waals surface area (Å²) in [6.07, 6.45) is 3.86. The first-order valence-electron chi connectivity index (χ1n) is 6.81. The van der Waals surface area contributed by atoms with Crippen molar-refractivity contribution in [3.8, 4) is 11.5 Å². The second-order valence-corrected chi connectivity index (χ2v) is 5.54. The summed E-state index contributed by atoms with van der Waals surface area (Å²) in [4.78, 5) is 6.75. The summed E-state index contributed by atoms with van der Waals surface area (Å²) in [7, 11) is 0. The molecule has 2 heterocycles. The van der Waals surface area contributed by atoms with Crippen LogP contribution in [0.5, 0.6) is 0 Å². The molecule has 0 aliphatic carbocycles. The van der Waals surface area contributed by atoms with Crippen LogP contribution in [0.15, 0.2) is 34.9 Å². The number of aromatic nitrogens is 1. The molecule has 106 valence electrons. The zero-order chi connectivity index (χ0) is 13.9.